The van der Waals surface area contributed by atoms with Crippen molar-refractivity contribution in [2.24, 2.45) is 0 Å². The molecule has 0 N–H and O–H groups in total. The molecule has 0 saturated carbocycles. The Hall–Kier alpha value is -1.26. The van der Waals surface area contributed by atoms with E-state index in [0.717, 1.165) is 10.5 Å². The highest BCUT2D eigenvalue weighted by atomic mass is 79.9. The summed E-state index contributed by atoms with van der Waals surface area (Å²) in [7, 11) is -3.67. The summed E-state index contributed by atoms with van der Waals surface area (Å²) >= 11 is 11.0. The van der Waals surface area contributed by atoms with Gasteiger partial charge in [0.2, 0.25) is 10.0 Å². The fourth-order valence-electron chi connectivity index (χ4n) is 3.10. The van der Waals surface area contributed by atoms with Crippen LogP contribution in [0, 0.1) is 6.92 Å². The predicted octanol–water partition coefficient (Wildman–Crippen LogP) is 5.93. The lowest BCUT2D eigenvalue weighted by Crippen LogP contribution is -2.36. The van der Waals surface area contributed by atoms with Gasteiger partial charge in [-0.05, 0) is 78.2 Å². The molecule has 0 amide bonds. The molecule has 0 aliphatic carbocycles. The van der Waals surface area contributed by atoms with E-state index in [1.165, 1.54) is 10.4 Å². The van der Waals surface area contributed by atoms with Crippen molar-refractivity contribution in [3.8, 4) is 5.75 Å². The molecule has 0 aliphatic heterocycles. The van der Waals surface area contributed by atoms with Crippen molar-refractivity contribution in [3.63, 3.8) is 0 Å². The van der Waals surface area contributed by atoms with E-state index in [9.17, 15) is 13.2 Å². The van der Waals surface area contributed by atoms with Gasteiger partial charge in [-0.3, -0.25) is 0 Å². The third-order valence-electron chi connectivity index (χ3n) is 4.60. The highest BCUT2D eigenvalue weighted by molar-refractivity contribution is 9.10. The molecule has 1 atom stereocenters. The summed E-state index contributed by atoms with van der Waals surface area (Å²) in [6.45, 7) is 8.55. The molecule has 0 heterocycles. The molecule has 0 spiro atoms. The number of ether oxygens (including phenoxy) is 2. The number of nitrogens with zero attached hydrogens (tertiary/aromatic N) is 1. The highest BCUT2D eigenvalue weighted by Gasteiger charge is 2.26. The molecule has 2 aromatic rings. The minimum absolute atomic E-state index is 0.00273. The topological polar surface area (TPSA) is 72.9 Å². The smallest absolute Gasteiger partial charge is 0.344 e. The van der Waals surface area contributed by atoms with Crippen molar-refractivity contribution in [1.29, 1.82) is 0 Å². The number of esters is 1. The highest BCUT2D eigenvalue weighted by Crippen LogP contribution is 2.31. The summed E-state index contributed by atoms with van der Waals surface area (Å²) in [5, 5.41) is 0.360. The van der Waals surface area contributed by atoms with Crippen molar-refractivity contribution >= 4 is 55.3 Å². The predicted molar refractivity (Wildman–Crippen MR) is 137 cm³/mol. The zero-order valence-electron chi connectivity index (χ0n) is 19.1. The molecule has 10 heteroatoms. The Balaban J connectivity index is 2.08. The normalized spacial score (nSPS) is 12.6. The Bertz CT molecular complexity index is 1060. The molecule has 2 rings (SSSR count). The van der Waals surface area contributed by atoms with Gasteiger partial charge in [0.05, 0.1) is 16.5 Å². The monoisotopic (exact) mass is 577 g/mol. The second kappa shape index (κ2) is 13.0. The summed E-state index contributed by atoms with van der Waals surface area (Å²) in [4.78, 5) is 12.7. The Morgan fingerprint density at radius 2 is 1.94 bits per heavy atom. The first kappa shape index (κ1) is 28.0. The van der Waals surface area contributed by atoms with Crippen molar-refractivity contribution in [2.45, 2.75) is 49.2 Å². The van der Waals surface area contributed by atoms with Crippen LogP contribution in [0.4, 0.5) is 0 Å². The molecule has 0 aromatic heterocycles. The first-order chi connectivity index (χ1) is 15.6. The number of thioether (sulfide) groups is 1. The molecule has 33 heavy (non-hydrogen) atoms. The fraction of sp³-hybridized carbons (Fsp3) is 0.435. The number of aryl methyl sites for hydroxylation is 1. The van der Waals surface area contributed by atoms with E-state index >= 15 is 0 Å². The SMILES string of the molecule is CCCN(CC(C)Sc1ccc(OCC(=O)OCC)c(C)c1)S(=O)(=O)c1ccc(Br)c(Cl)c1. The third-order valence-corrected chi connectivity index (χ3v) is 8.77. The summed E-state index contributed by atoms with van der Waals surface area (Å²) in [5.41, 5.74) is 0.888. The van der Waals surface area contributed by atoms with Crippen molar-refractivity contribution in [3.05, 3.63) is 51.5 Å². The molecule has 1 unspecified atom stereocenters. The van der Waals surface area contributed by atoms with E-state index in [1.54, 1.807) is 30.8 Å². The van der Waals surface area contributed by atoms with Gasteiger partial charge in [0.15, 0.2) is 6.61 Å². The number of halogens is 2. The van der Waals surface area contributed by atoms with Gasteiger partial charge in [-0.15, -0.1) is 11.8 Å². The summed E-state index contributed by atoms with van der Waals surface area (Å²) in [5.74, 6) is 0.204. The van der Waals surface area contributed by atoms with Crippen LogP contribution in [0.25, 0.3) is 0 Å². The van der Waals surface area contributed by atoms with Gasteiger partial charge in [-0.2, -0.15) is 4.31 Å². The maximum absolute atomic E-state index is 13.2. The molecular weight excluding hydrogens is 550 g/mol. The number of hydrogen-bond donors (Lipinski definition) is 0. The van der Waals surface area contributed by atoms with E-state index < -0.39 is 16.0 Å². The number of hydrogen-bond acceptors (Lipinski definition) is 6. The quantitative estimate of drug-likeness (QED) is 0.229. The summed E-state index contributed by atoms with van der Waals surface area (Å²) < 4.78 is 39.0. The van der Waals surface area contributed by atoms with Crippen LogP contribution in [0.2, 0.25) is 5.02 Å². The van der Waals surface area contributed by atoms with Crippen molar-refractivity contribution in [1.82, 2.24) is 4.31 Å². The molecule has 0 bridgehead atoms. The van der Waals surface area contributed by atoms with Gasteiger partial charge >= 0.3 is 5.97 Å². The Labute approximate surface area is 214 Å². The van der Waals surface area contributed by atoms with Crippen LogP contribution in [-0.4, -0.2) is 50.2 Å². The molecule has 0 saturated heterocycles. The number of carbonyl (C=O) groups is 1. The fourth-order valence-corrected chi connectivity index (χ4v) is 6.44. The van der Waals surface area contributed by atoms with Crippen molar-refractivity contribution in [2.75, 3.05) is 26.3 Å². The van der Waals surface area contributed by atoms with Crippen LogP contribution in [0.5, 0.6) is 5.75 Å². The van der Waals surface area contributed by atoms with Crippen LogP contribution >= 0.6 is 39.3 Å². The molecule has 0 aliphatic rings. The first-order valence-electron chi connectivity index (χ1n) is 10.6. The Morgan fingerprint density at radius 3 is 2.55 bits per heavy atom. The van der Waals surface area contributed by atoms with E-state index in [0.29, 0.717) is 41.4 Å². The van der Waals surface area contributed by atoms with Crippen LogP contribution in [-0.2, 0) is 19.6 Å². The van der Waals surface area contributed by atoms with Crippen LogP contribution in [0.1, 0.15) is 32.8 Å². The standard InChI is InChI=1S/C23H29BrClNO5S2/c1-5-11-26(33(28,29)19-8-9-20(24)21(25)13-19)14-17(4)32-18-7-10-22(16(3)12-18)31-15-23(27)30-6-2/h7-10,12-13,17H,5-6,11,14-15H2,1-4H3. The maximum atomic E-state index is 13.2. The average Bonchev–Trinajstić information content (AvgIpc) is 2.75. The Kier molecular flexibility index (Phi) is 11.0. The third kappa shape index (κ3) is 8.17. The van der Waals surface area contributed by atoms with Crippen molar-refractivity contribution < 1.29 is 22.7 Å². The first-order valence-corrected chi connectivity index (χ1v) is 14.1. The largest absolute Gasteiger partial charge is 0.482 e. The van der Waals surface area contributed by atoms with Gasteiger partial charge in [0.25, 0.3) is 0 Å². The van der Waals surface area contributed by atoms with Gasteiger partial charge in [0.1, 0.15) is 5.75 Å². The minimum Gasteiger partial charge on any atom is -0.482 e. The molecule has 182 valence electrons. The number of carbonyl (C=O) groups excluding carboxylic acids is 1. The molecule has 2 aromatic carbocycles. The van der Waals surface area contributed by atoms with E-state index in [2.05, 4.69) is 15.9 Å². The van der Waals surface area contributed by atoms with Crippen LogP contribution in [0.3, 0.4) is 0 Å². The lowest BCUT2D eigenvalue weighted by molar-refractivity contribution is -0.145. The number of rotatable bonds is 12. The second-order valence-electron chi connectivity index (χ2n) is 7.39. The van der Waals surface area contributed by atoms with Gasteiger partial charge in [0, 0.05) is 27.7 Å². The van der Waals surface area contributed by atoms with E-state index in [-0.39, 0.29) is 16.8 Å². The summed E-state index contributed by atoms with van der Waals surface area (Å²) in [6, 6.07) is 10.4. The van der Waals surface area contributed by atoms with Gasteiger partial charge < -0.3 is 9.47 Å². The van der Waals surface area contributed by atoms with Gasteiger partial charge in [-0.25, -0.2) is 13.2 Å². The number of sulfonamides is 1. The molecular formula is C23H29BrClNO5S2. The minimum atomic E-state index is -3.67. The maximum Gasteiger partial charge on any atom is 0.344 e. The van der Waals surface area contributed by atoms with Crippen LogP contribution in [0.15, 0.2) is 50.7 Å². The number of benzene rings is 2. The lowest BCUT2D eigenvalue weighted by atomic mass is 10.2. The molecule has 0 radical (unpaired) electrons. The molecule has 0 fully saturated rings. The van der Waals surface area contributed by atoms with E-state index in [1.807, 2.05) is 39.0 Å². The zero-order valence-corrected chi connectivity index (χ0v) is 23.1. The lowest BCUT2D eigenvalue weighted by Gasteiger charge is -2.25. The second-order valence-corrected chi connectivity index (χ2v) is 12.1. The average molecular weight is 579 g/mol. The summed E-state index contributed by atoms with van der Waals surface area (Å²) in [6.07, 6.45) is 0.701. The Morgan fingerprint density at radius 1 is 1.21 bits per heavy atom. The zero-order chi connectivity index (χ0) is 24.6. The van der Waals surface area contributed by atoms with Gasteiger partial charge in [-0.1, -0.05) is 25.4 Å². The van der Waals surface area contributed by atoms with Crippen LogP contribution < -0.4 is 4.74 Å². The van der Waals surface area contributed by atoms with E-state index in [4.69, 9.17) is 21.1 Å². The molecule has 6 nitrogen and oxygen atoms in total.